The summed E-state index contributed by atoms with van der Waals surface area (Å²) in [6.07, 6.45) is 6.01. The Labute approximate surface area is 99.5 Å². The largest absolute Gasteiger partial charge is 0.385 e. The molecule has 0 aromatic carbocycles. The van der Waals surface area contributed by atoms with Gasteiger partial charge >= 0.3 is 0 Å². The summed E-state index contributed by atoms with van der Waals surface area (Å²) in [4.78, 5) is 0. The van der Waals surface area contributed by atoms with Crippen LogP contribution in [0.5, 0.6) is 0 Å². The maximum absolute atomic E-state index is 5.73. The van der Waals surface area contributed by atoms with Gasteiger partial charge in [-0.15, -0.1) is 0 Å². The number of unbranched alkanes of at least 4 members (excludes halogenated alkanes) is 3. The quantitative estimate of drug-likeness (QED) is 0.540. The summed E-state index contributed by atoms with van der Waals surface area (Å²) in [5, 5.41) is 0. The Bertz CT molecular complexity index is 161. The van der Waals surface area contributed by atoms with Gasteiger partial charge in [-0.2, -0.15) is 0 Å². The predicted molar refractivity (Wildman–Crippen MR) is 64.7 cm³/mol. The fourth-order valence-electron chi connectivity index (χ4n) is 1.87. The van der Waals surface area contributed by atoms with E-state index in [1.807, 2.05) is 0 Å². The lowest BCUT2D eigenvalue weighted by Gasteiger charge is -2.40. The van der Waals surface area contributed by atoms with E-state index in [1.165, 1.54) is 32.1 Å². The van der Waals surface area contributed by atoms with E-state index in [-0.39, 0.29) is 0 Å². The first kappa shape index (κ1) is 13.9. The third-order valence-corrected chi connectivity index (χ3v) is 3.36. The molecule has 0 amide bonds. The fourth-order valence-corrected chi connectivity index (χ4v) is 1.87. The van der Waals surface area contributed by atoms with E-state index in [1.54, 1.807) is 7.11 Å². The summed E-state index contributed by atoms with van der Waals surface area (Å²) in [6, 6.07) is 0. The fraction of sp³-hybridized carbons (Fsp3) is 1.00. The smallest absolute Gasteiger partial charge is 0.0566 e. The molecule has 0 aromatic heterocycles. The molecule has 1 rings (SSSR count). The second kappa shape index (κ2) is 8.04. The van der Waals surface area contributed by atoms with E-state index in [0.717, 1.165) is 33.0 Å². The van der Waals surface area contributed by atoms with Crippen LogP contribution in [0, 0.1) is 5.41 Å². The van der Waals surface area contributed by atoms with E-state index in [2.05, 4.69) is 6.92 Å². The molecule has 1 heterocycles. The normalized spacial score (nSPS) is 18.4. The van der Waals surface area contributed by atoms with Crippen LogP contribution in [0.25, 0.3) is 0 Å². The highest BCUT2D eigenvalue weighted by molar-refractivity contribution is 4.83. The Hall–Kier alpha value is -0.120. The van der Waals surface area contributed by atoms with E-state index < -0.39 is 0 Å². The number of hydrogen-bond acceptors (Lipinski definition) is 3. The second-order valence-electron chi connectivity index (χ2n) is 4.81. The molecule has 0 bridgehead atoms. The highest BCUT2D eigenvalue weighted by Gasteiger charge is 2.36. The average Bonchev–Trinajstić information content (AvgIpc) is 2.25. The number of ether oxygens (including phenoxy) is 3. The predicted octanol–water partition coefficient (Wildman–Crippen LogP) is 2.64. The lowest BCUT2D eigenvalue weighted by atomic mass is 9.84. The first-order valence-electron chi connectivity index (χ1n) is 6.47. The number of hydrogen-bond donors (Lipinski definition) is 0. The Morgan fingerprint density at radius 3 is 2.25 bits per heavy atom. The summed E-state index contributed by atoms with van der Waals surface area (Å²) < 4.78 is 16.0. The summed E-state index contributed by atoms with van der Waals surface area (Å²) in [5.41, 5.74) is 0.343. The molecule has 96 valence electrons. The van der Waals surface area contributed by atoms with Gasteiger partial charge in [0.05, 0.1) is 19.8 Å². The van der Waals surface area contributed by atoms with Crippen molar-refractivity contribution >= 4 is 0 Å². The second-order valence-corrected chi connectivity index (χ2v) is 4.81. The van der Waals surface area contributed by atoms with Gasteiger partial charge in [-0.3, -0.25) is 0 Å². The van der Waals surface area contributed by atoms with Gasteiger partial charge in [0.2, 0.25) is 0 Å². The molecule has 1 saturated heterocycles. The van der Waals surface area contributed by atoms with Gasteiger partial charge in [-0.05, 0) is 19.3 Å². The van der Waals surface area contributed by atoms with Crippen molar-refractivity contribution in [3.63, 3.8) is 0 Å². The minimum atomic E-state index is 0.343. The Morgan fingerprint density at radius 1 is 1.06 bits per heavy atom. The van der Waals surface area contributed by atoms with Crippen LogP contribution < -0.4 is 0 Å². The molecule has 1 aliphatic rings. The zero-order valence-corrected chi connectivity index (χ0v) is 10.8. The number of rotatable bonds is 10. The Kier molecular flexibility index (Phi) is 7.01. The summed E-state index contributed by atoms with van der Waals surface area (Å²) >= 11 is 0. The van der Waals surface area contributed by atoms with Crippen LogP contribution in [0.4, 0.5) is 0 Å². The minimum Gasteiger partial charge on any atom is -0.385 e. The van der Waals surface area contributed by atoms with E-state index in [0.29, 0.717) is 5.41 Å². The van der Waals surface area contributed by atoms with Crippen molar-refractivity contribution in [3.8, 4) is 0 Å². The lowest BCUT2D eigenvalue weighted by molar-refractivity contribution is -0.150. The van der Waals surface area contributed by atoms with Crippen LogP contribution in [0.15, 0.2) is 0 Å². The first-order valence-corrected chi connectivity index (χ1v) is 6.47. The molecule has 0 atom stereocenters. The van der Waals surface area contributed by atoms with E-state index in [9.17, 15) is 0 Å². The van der Waals surface area contributed by atoms with Crippen LogP contribution in [0.3, 0.4) is 0 Å². The van der Waals surface area contributed by atoms with Gasteiger partial charge in [0, 0.05) is 25.7 Å². The number of methoxy groups -OCH3 is 1. The van der Waals surface area contributed by atoms with Gasteiger partial charge in [0.25, 0.3) is 0 Å². The van der Waals surface area contributed by atoms with Crippen LogP contribution in [0.1, 0.15) is 39.0 Å². The third-order valence-electron chi connectivity index (χ3n) is 3.36. The van der Waals surface area contributed by atoms with E-state index in [4.69, 9.17) is 14.2 Å². The molecular weight excluding hydrogens is 204 g/mol. The average molecular weight is 230 g/mol. The van der Waals surface area contributed by atoms with Gasteiger partial charge in [-0.25, -0.2) is 0 Å². The topological polar surface area (TPSA) is 27.7 Å². The first-order chi connectivity index (χ1) is 7.83. The van der Waals surface area contributed by atoms with Gasteiger partial charge < -0.3 is 14.2 Å². The zero-order valence-electron chi connectivity index (χ0n) is 10.8. The van der Waals surface area contributed by atoms with E-state index >= 15 is 0 Å². The molecule has 1 aliphatic heterocycles. The molecular formula is C13H26O3. The minimum absolute atomic E-state index is 0.343. The standard InChI is InChI=1S/C13H26O3/c1-3-13(11-16-12-13)10-15-9-7-5-4-6-8-14-2/h3-12H2,1-2H3. The van der Waals surface area contributed by atoms with Crippen LogP contribution in [-0.4, -0.2) is 40.1 Å². The maximum Gasteiger partial charge on any atom is 0.0566 e. The van der Waals surface area contributed by atoms with Gasteiger partial charge in [0.15, 0.2) is 0 Å². The molecule has 3 nitrogen and oxygen atoms in total. The zero-order chi connectivity index (χ0) is 11.7. The highest BCUT2D eigenvalue weighted by Crippen LogP contribution is 2.31. The Balaban J connectivity index is 1.84. The van der Waals surface area contributed by atoms with Crippen molar-refractivity contribution in [1.82, 2.24) is 0 Å². The molecule has 0 radical (unpaired) electrons. The van der Waals surface area contributed by atoms with Crippen molar-refractivity contribution in [2.75, 3.05) is 40.1 Å². The van der Waals surface area contributed by atoms with Crippen LogP contribution in [0.2, 0.25) is 0 Å². The summed E-state index contributed by atoms with van der Waals surface area (Å²) in [5.74, 6) is 0. The molecule has 3 heteroatoms. The van der Waals surface area contributed by atoms with Crippen molar-refractivity contribution in [3.05, 3.63) is 0 Å². The highest BCUT2D eigenvalue weighted by atomic mass is 16.5. The molecule has 0 unspecified atom stereocenters. The molecule has 16 heavy (non-hydrogen) atoms. The SMILES string of the molecule is CCC1(COCCCCCCOC)COC1. The van der Waals surface area contributed by atoms with Crippen molar-refractivity contribution in [2.24, 2.45) is 5.41 Å². The van der Waals surface area contributed by atoms with Gasteiger partial charge in [-0.1, -0.05) is 19.8 Å². The molecule has 0 saturated carbocycles. The molecule has 0 aliphatic carbocycles. The summed E-state index contributed by atoms with van der Waals surface area (Å²) in [7, 11) is 1.76. The lowest BCUT2D eigenvalue weighted by Crippen LogP contribution is -2.45. The van der Waals surface area contributed by atoms with Gasteiger partial charge in [0.1, 0.15) is 0 Å². The third kappa shape index (κ3) is 4.81. The monoisotopic (exact) mass is 230 g/mol. The van der Waals surface area contributed by atoms with Crippen molar-refractivity contribution in [2.45, 2.75) is 39.0 Å². The Morgan fingerprint density at radius 2 is 1.75 bits per heavy atom. The van der Waals surface area contributed by atoms with Crippen LogP contribution >= 0.6 is 0 Å². The summed E-state index contributed by atoms with van der Waals surface area (Å²) in [6.45, 7) is 6.65. The van der Waals surface area contributed by atoms with Crippen LogP contribution in [-0.2, 0) is 14.2 Å². The molecule has 0 N–H and O–H groups in total. The van der Waals surface area contributed by atoms with Crippen molar-refractivity contribution in [1.29, 1.82) is 0 Å². The molecule has 0 aromatic rings. The van der Waals surface area contributed by atoms with Crippen molar-refractivity contribution < 1.29 is 14.2 Å². The molecule has 0 spiro atoms. The molecule has 1 fully saturated rings. The maximum atomic E-state index is 5.73.